The van der Waals surface area contributed by atoms with Crippen LogP contribution in [0.25, 0.3) is 0 Å². The van der Waals surface area contributed by atoms with Gasteiger partial charge < -0.3 is 15.2 Å². The Labute approximate surface area is 109 Å². The first-order chi connectivity index (χ1) is 8.57. The molecule has 1 saturated heterocycles. The van der Waals surface area contributed by atoms with E-state index in [9.17, 15) is 13.5 Å². The highest BCUT2D eigenvalue weighted by Crippen LogP contribution is 2.20. The van der Waals surface area contributed by atoms with Gasteiger partial charge in [0.2, 0.25) is 0 Å². The Morgan fingerprint density at radius 3 is 2.50 bits per heavy atom. The van der Waals surface area contributed by atoms with Gasteiger partial charge in [0.05, 0.1) is 30.3 Å². The van der Waals surface area contributed by atoms with Gasteiger partial charge in [0, 0.05) is 12.6 Å². The zero-order valence-corrected chi connectivity index (χ0v) is 11.5. The van der Waals surface area contributed by atoms with Crippen LogP contribution in [-0.4, -0.2) is 56.4 Å². The summed E-state index contributed by atoms with van der Waals surface area (Å²) in [5, 5.41) is 12.7. The van der Waals surface area contributed by atoms with Crippen LogP contribution in [0.4, 0.5) is 0 Å². The Morgan fingerprint density at radius 2 is 1.89 bits per heavy atom. The Balaban J connectivity index is 1.60. The second kappa shape index (κ2) is 6.32. The lowest BCUT2D eigenvalue weighted by Crippen LogP contribution is -2.40. The molecule has 5 nitrogen and oxygen atoms in total. The standard InChI is InChI=1S/C12H23NO4S/c14-12-9-18(15,16)8-11(12)13-6-7-17-10-4-2-1-3-5-10/h10-14H,1-9H2. The molecule has 1 aliphatic heterocycles. The SMILES string of the molecule is O=S1(=O)CC(O)C(NCCOC2CCCCC2)C1. The summed E-state index contributed by atoms with van der Waals surface area (Å²) in [6.45, 7) is 1.20. The molecule has 106 valence electrons. The second-order valence-electron chi connectivity index (χ2n) is 5.34. The van der Waals surface area contributed by atoms with Gasteiger partial charge in [-0.3, -0.25) is 0 Å². The van der Waals surface area contributed by atoms with E-state index in [-0.39, 0.29) is 17.5 Å². The average Bonchev–Trinajstić information content (AvgIpc) is 2.59. The van der Waals surface area contributed by atoms with Crippen molar-refractivity contribution in [2.45, 2.75) is 50.4 Å². The quantitative estimate of drug-likeness (QED) is 0.696. The van der Waals surface area contributed by atoms with Crippen molar-refractivity contribution in [1.29, 1.82) is 0 Å². The number of aliphatic hydroxyl groups excluding tert-OH is 1. The monoisotopic (exact) mass is 277 g/mol. The van der Waals surface area contributed by atoms with Crippen molar-refractivity contribution >= 4 is 9.84 Å². The fourth-order valence-corrected chi connectivity index (χ4v) is 4.50. The number of ether oxygens (including phenoxy) is 1. The molecule has 0 aromatic heterocycles. The van der Waals surface area contributed by atoms with Gasteiger partial charge in [-0.25, -0.2) is 8.42 Å². The molecule has 0 radical (unpaired) electrons. The minimum Gasteiger partial charge on any atom is -0.390 e. The van der Waals surface area contributed by atoms with E-state index in [0.717, 1.165) is 12.8 Å². The van der Waals surface area contributed by atoms with Gasteiger partial charge in [0.1, 0.15) is 0 Å². The van der Waals surface area contributed by atoms with Gasteiger partial charge in [0.25, 0.3) is 0 Å². The molecule has 1 aliphatic carbocycles. The fraction of sp³-hybridized carbons (Fsp3) is 1.00. The molecule has 2 fully saturated rings. The van der Waals surface area contributed by atoms with E-state index in [2.05, 4.69) is 5.32 Å². The van der Waals surface area contributed by atoms with E-state index >= 15 is 0 Å². The van der Waals surface area contributed by atoms with Crippen LogP contribution < -0.4 is 5.32 Å². The lowest BCUT2D eigenvalue weighted by atomic mass is 9.98. The summed E-state index contributed by atoms with van der Waals surface area (Å²) in [7, 11) is -3.06. The molecule has 0 aromatic rings. The Bertz CT molecular complexity index is 351. The molecule has 0 bridgehead atoms. The smallest absolute Gasteiger partial charge is 0.154 e. The van der Waals surface area contributed by atoms with Gasteiger partial charge in [-0.2, -0.15) is 0 Å². The Kier molecular flexibility index (Phi) is 5.00. The van der Waals surface area contributed by atoms with Gasteiger partial charge >= 0.3 is 0 Å². The highest BCUT2D eigenvalue weighted by atomic mass is 32.2. The highest BCUT2D eigenvalue weighted by molar-refractivity contribution is 7.91. The number of hydrogen-bond donors (Lipinski definition) is 2. The maximum atomic E-state index is 11.3. The number of rotatable bonds is 5. The normalized spacial score (nSPS) is 32.7. The molecular formula is C12H23NO4S. The van der Waals surface area contributed by atoms with Crippen molar-refractivity contribution < 1.29 is 18.3 Å². The molecule has 2 unspecified atom stereocenters. The predicted octanol–water partition coefficient (Wildman–Crippen LogP) is 0.0832. The van der Waals surface area contributed by atoms with Gasteiger partial charge in [-0.05, 0) is 12.8 Å². The van der Waals surface area contributed by atoms with Crippen molar-refractivity contribution in [3.05, 3.63) is 0 Å². The molecule has 2 rings (SSSR count). The third-order valence-corrected chi connectivity index (χ3v) is 5.45. The number of sulfone groups is 1. The molecule has 18 heavy (non-hydrogen) atoms. The average molecular weight is 277 g/mol. The molecule has 1 saturated carbocycles. The van der Waals surface area contributed by atoms with Gasteiger partial charge in [-0.15, -0.1) is 0 Å². The van der Waals surface area contributed by atoms with Crippen LogP contribution >= 0.6 is 0 Å². The van der Waals surface area contributed by atoms with E-state index < -0.39 is 15.9 Å². The summed E-state index contributed by atoms with van der Waals surface area (Å²) in [6, 6.07) is -0.329. The molecule has 6 heteroatoms. The summed E-state index contributed by atoms with van der Waals surface area (Å²) in [5.41, 5.74) is 0. The summed E-state index contributed by atoms with van der Waals surface area (Å²) >= 11 is 0. The maximum Gasteiger partial charge on any atom is 0.154 e. The highest BCUT2D eigenvalue weighted by Gasteiger charge is 2.35. The van der Waals surface area contributed by atoms with E-state index in [0.29, 0.717) is 19.3 Å². The summed E-state index contributed by atoms with van der Waals surface area (Å²) in [6.07, 6.45) is 5.68. The summed E-state index contributed by atoms with van der Waals surface area (Å²) in [4.78, 5) is 0. The van der Waals surface area contributed by atoms with Crippen molar-refractivity contribution in [2.75, 3.05) is 24.7 Å². The van der Waals surface area contributed by atoms with Crippen LogP contribution in [0.15, 0.2) is 0 Å². The predicted molar refractivity (Wildman–Crippen MR) is 69.3 cm³/mol. The molecule has 1 heterocycles. The molecule has 0 amide bonds. The topological polar surface area (TPSA) is 75.6 Å². The van der Waals surface area contributed by atoms with E-state index in [1.165, 1.54) is 19.3 Å². The summed E-state index contributed by atoms with van der Waals surface area (Å²) < 4.78 is 28.3. The first-order valence-corrected chi connectivity index (χ1v) is 8.62. The molecule has 0 aromatic carbocycles. The third-order valence-electron chi connectivity index (χ3n) is 3.74. The third kappa shape index (κ3) is 4.19. The Morgan fingerprint density at radius 1 is 1.17 bits per heavy atom. The van der Waals surface area contributed by atoms with E-state index in [4.69, 9.17) is 4.74 Å². The van der Waals surface area contributed by atoms with E-state index in [1.807, 2.05) is 0 Å². The van der Waals surface area contributed by atoms with Gasteiger partial charge in [-0.1, -0.05) is 19.3 Å². The lowest BCUT2D eigenvalue weighted by Gasteiger charge is -2.22. The largest absolute Gasteiger partial charge is 0.390 e. The molecule has 2 N–H and O–H groups in total. The minimum absolute atomic E-state index is 0.0393. The lowest BCUT2D eigenvalue weighted by molar-refractivity contribution is 0.0279. The first-order valence-electron chi connectivity index (χ1n) is 6.80. The van der Waals surface area contributed by atoms with Crippen LogP contribution in [0.2, 0.25) is 0 Å². The molecule has 2 aliphatic rings. The first kappa shape index (κ1) is 14.2. The molecule has 0 spiro atoms. The van der Waals surface area contributed by atoms with Crippen LogP contribution in [0.1, 0.15) is 32.1 Å². The fourth-order valence-electron chi connectivity index (χ4n) is 2.73. The van der Waals surface area contributed by atoms with Crippen LogP contribution in [0.5, 0.6) is 0 Å². The zero-order chi connectivity index (χ0) is 13.0. The second-order valence-corrected chi connectivity index (χ2v) is 7.49. The molecule has 2 atom stereocenters. The van der Waals surface area contributed by atoms with Crippen LogP contribution in [0, 0.1) is 0 Å². The van der Waals surface area contributed by atoms with Crippen molar-refractivity contribution in [3.63, 3.8) is 0 Å². The number of hydrogen-bond acceptors (Lipinski definition) is 5. The van der Waals surface area contributed by atoms with Crippen molar-refractivity contribution in [3.8, 4) is 0 Å². The van der Waals surface area contributed by atoms with Crippen LogP contribution in [-0.2, 0) is 14.6 Å². The van der Waals surface area contributed by atoms with Gasteiger partial charge in [0.15, 0.2) is 9.84 Å². The van der Waals surface area contributed by atoms with Crippen molar-refractivity contribution in [1.82, 2.24) is 5.32 Å². The number of nitrogens with one attached hydrogen (secondary N) is 1. The summed E-state index contributed by atoms with van der Waals surface area (Å²) in [5.74, 6) is -0.0776. The van der Waals surface area contributed by atoms with Crippen LogP contribution in [0.3, 0.4) is 0 Å². The zero-order valence-electron chi connectivity index (χ0n) is 10.7. The number of aliphatic hydroxyl groups is 1. The Hall–Kier alpha value is -0.170. The maximum absolute atomic E-state index is 11.3. The molecular weight excluding hydrogens is 254 g/mol. The van der Waals surface area contributed by atoms with E-state index in [1.54, 1.807) is 0 Å². The van der Waals surface area contributed by atoms with Crippen molar-refractivity contribution in [2.24, 2.45) is 0 Å². The minimum atomic E-state index is -3.06.